The quantitative estimate of drug-likeness (QED) is 0.544. The number of para-hydroxylation sites is 1. The van der Waals surface area contributed by atoms with Crippen LogP contribution >= 0.6 is 11.3 Å². The summed E-state index contributed by atoms with van der Waals surface area (Å²) in [6.07, 6.45) is 2.05. The van der Waals surface area contributed by atoms with Crippen molar-refractivity contribution in [3.05, 3.63) is 34.6 Å². The topological polar surface area (TPSA) is 132 Å². The Morgan fingerprint density at radius 1 is 1.24 bits per heavy atom. The second-order valence-corrected chi connectivity index (χ2v) is 9.95. The van der Waals surface area contributed by atoms with Crippen LogP contribution in [0.25, 0.3) is 10.9 Å². The van der Waals surface area contributed by atoms with Gasteiger partial charge in [-0.1, -0.05) is 12.1 Å². The number of imide groups is 1. The lowest BCUT2D eigenvalue weighted by molar-refractivity contribution is -0.134. The smallest absolute Gasteiger partial charge is 0.275 e. The maximum absolute atomic E-state index is 12.8. The number of anilines is 1. The number of piperidine rings is 2. The van der Waals surface area contributed by atoms with Crippen LogP contribution in [0.15, 0.2) is 18.2 Å². The van der Waals surface area contributed by atoms with Gasteiger partial charge < -0.3 is 15.4 Å². The number of fused-ring (bicyclic) bond motifs is 1. The first-order valence-corrected chi connectivity index (χ1v) is 12.1. The second kappa shape index (κ2) is 8.71. The highest BCUT2D eigenvalue weighted by atomic mass is 32.1. The van der Waals surface area contributed by atoms with Gasteiger partial charge in [0.25, 0.3) is 5.91 Å². The van der Waals surface area contributed by atoms with Crippen LogP contribution in [0.3, 0.4) is 0 Å². The summed E-state index contributed by atoms with van der Waals surface area (Å²) in [5.41, 5.74) is 7.75. The van der Waals surface area contributed by atoms with Gasteiger partial charge in [-0.15, -0.1) is 11.3 Å². The van der Waals surface area contributed by atoms with Crippen molar-refractivity contribution in [1.29, 1.82) is 0 Å². The third kappa shape index (κ3) is 4.00. The van der Waals surface area contributed by atoms with Crippen LogP contribution < -0.4 is 15.8 Å². The van der Waals surface area contributed by atoms with E-state index in [2.05, 4.69) is 15.4 Å². The molecule has 2 aliphatic heterocycles. The number of hydrogen-bond donors (Lipinski definition) is 2. The molecule has 5 rings (SSSR count). The first-order valence-electron chi connectivity index (χ1n) is 11.3. The van der Waals surface area contributed by atoms with E-state index in [4.69, 9.17) is 10.5 Å². The monoisotopic (exact) mass is 482 g/mol. The number of benzene rings is 1. The van der Waals surface area contributed by atoms with E-state index in [1.165, 1.54) is 11.3 Å². The standard InChI is InChI=1S/C23H26N6O4S/c1-12-25-19(21(24)34-12)23(32)29-10-8-13(9-11-29)33-16-5-3-4-14-18(27-28(2)20(14)16)15-6-7-17(30)26-22(15)31/h3-5,13,15H,6-11,24H2,1-2H3,(H,26,30,31). The van der Waals surface area contributed by atoms with E-state index in [1.807, 2.05) is 32.2 Å². The summed E-state index contributed by atoms with van der Waals surface area (Å²) in [5, 5.41) is 9.10. The first kappa shape index (κ1) is 22.3. The number of aromatic nitrogens is 3. The minimum absolute atomic E-state index is 0.0573. The Bertz CT molecular complexity index is 1290. The van der Waals surface area contributed by atoms with Crippen molar-refractivity contribution < 1.29 is 19.1 Å². The fourth-order valence-electron chi connectivity index (χ4n) is 4.74. The summed E-state index contributed by atoms with van der Waals surface area (Å²) in [7, 11) is 1.83. The average molecular weight is 483 g/mol. The van der Waals surface area contributed by atoms with Gasteiger partial charge in [0.05, 0.1) is 16.6 Å². The summed E-state index contributed by atoms with van der Waals surface area (Å²) in [5.74, 6) is -0.468. The van der Waals surface area contributed by atoms with Gasteiger partial charge in [-0.2, -0.15) is 5.10 Å². The van der Waals surface area contributed by atoms with E-state index in [1.54, 1.807) is 9.58 Å². The second-order valence-electron chi connectivity index (χ2n) is 8.72. The molecule has 4 heterocycles. The molecule has 1 aromatic carbocycles. The summed E-state index contributed by atoms with van der Waals surface area (Å²) in [6.45, 7) is 2.95. The Kier molecular flexibility index (Phi) is 5.72. The fraction of sp³-hybridized carbons (Fsp3) is 0.435. The third-order valence-electron chi connectivity index (χ3n) is 6.41. The molecule has 2 aromatic heterocycles. The van der Waals surface area contributed by atoms with Gasteiger partial charge in [-0.25, -0.2) is 4.98 Å². The number of thiazole rings is 1. The maximum Gasteiger partial charge on any atom is 0.275 e. The molecule has 2 fully saturated rings. The molecule has 0 saturated carbocycles. The van der Waals surface area contributed by atoms with Crippen LogP contribution in [-0.2, 0) is 16.6 Å². The van der Waals surface area contributed by atoms with Gasteiger partial charge in [-0.05, 0) is 19.4 Å². The number of amides is 3. The molecular formula is C23H26N6O4S. The molecule has 0 radical (unpaired) electrons. The summed E-state index contributed by atoms with van der Waals surface area (Å²) < 4.78 is 8.10. The molecule has 10 nitrogen and oxygen atoms in total. The predicted octanol–water partition coefficient (Wildman–Crippen LogP) is 2.12. The van der Waals surface area contributed by atoms with Crippen molar-refractivity contribution >= 4 is 45.0 Å². The first-order chi connectivity index (χ1) is 16.3. The Balaban J connectivity index is 1.31. The zero-order chi connectivity index (χ0) is 24.0. The molecule has 3 amide bonds. The van der Waals surface area contributed by atoms with Gasteiger partial charge in [0.2, 0.25) is 11.8 Å². The molecule has 0 spiro atoms. The number of carbonyl (C=O) groups excluding carboxylic acids is 3. The summed E-state index contributed by atoms with van der Waals surface area (Å²) in [6, 6.07) is 5.71. The van der Waals surface area contributed by atoms with Gasteiger partial charge in [-0.3, -0.25) is 24.4 Å². The molecular weight excluding hydrogens is 456 g/mol. The normalized spacial score (nSPS) is 19.5. The van der Waals surface area contributed by atoms with Crippen LogP contribution in [0.5, 0.6) is 5.75 Å². The molecule has 0 bridgehead atoms. The molecule has 11 heteroatoms. The lowest BCUT2D eigenvalue weighted by Crippen LogP contribution is -2.42. The highest BCUT2D eigenvalue weighted by Crippen LogP contribution is 2.35. The number of nitrogens with one attached hydrogen (secondary N) is 1. The van der Waals surface area contributed by atoms with Crippen molar-refractivity contribution in [2.75, 3.05) is 18.8 Å². The Hall–Kier alpha value is -3.47. The predicted molar refractivity (Wildman–Crippen MR) is 127 cm³/mol. The molecule has 0 aliphatic carbocycles. The highest BCUT2D eigenvalue weighted by Gasteiger charge is 2.33. The summed E-state index contributed by atoms with van der Waals surface area (Å²) in [4.78, 5) is 42.8. The number of nitrogens with zero attached hydrogens (tertiary/aromatic N) is 4. The zero-order valence-electron chi connectivity index (χ0n) is 19.0. The number of carbonyl (C=O) groups is 3. The number of aryl methyl sites for hydroxylation is 2. The zero-order valence-corrected chi connectivity index (χ0v) is 19.9. The van der Waals surface area contributed by atoms with Gasteiger partial charge >= 0.3 is 0 Å². The number of rotatable bonds is 4. The minimum atomic E-state index is -0.465. The van der Waals surface area contributed by atoms with Crippen molar-refractivity contribution in [3.8, 4) is 5.75 Å². The molecule has 3 N–H and O–H groups in total. The third-order valence-corrected chi connectivity index (χ3v) is 7.21. The molecule has 3 aromatic rings. The van der Waals surface area contributed by atoms with Gasteiger partial charge in [0.1, 0.15) is 22.4 Å². The van der Waals surface area contributed by atoms with Crippen molar-refractivity contribution in [1.82, 2.24) is 25.0 Å². The minimum Gasteiger partial charge on any atom is -0.488 e. The lowest BCUT2D eigenvalue weighted by atomic mass is 9.93. The van der Waals surface area contributed by atoms with Crippen LogP contribution in [0.2, 0.25) is 0 Å². The number of nitrogens with two attached hydrogens (primary N) is 1. The molecule has 2 aliphatic rings. The molecule has 1 unspecified atom stereocenters. The molecule has 2 saturated heterocycles. The SMILES string of the molecule is Cc1nc(C(=O)N2CCC(Oc3cccc4c(C5CCC(=O)NC5=O)nn(C)c34)CC2)c(N)s1. The largest absolute Gasteiger partial charge is 0.488 e. The van der Waals surface area contributed by atoms with Crippen LogP contribution in [0.1, 0.15) is 52.8 Å². The molecule has 34 heavy (non-hydrogen) atoms. The summed E-state index contributed by atoms with van der Waals surface area (Å²) >= 11 is 1.32. The lowest BCUT2D eigenvalue weighted by Gasteiger charge is -2.32. The molecule has 1 atom stereocenters. The van der Waals surface area contributed by atoms with Crippen molar-refractivity contribution in [2.24, 2.45) is 7.05 Å². The van der Waals surface area contributed by atoms with E-state index < -0.39 is 5.92 Å². The number of hydrogen-bond acceptors (Lipinski definition) is 8. The van der Waals surface area contributed by atoms with E-state index >= 15 is 0 Å². The fourth-order valence-corrected chi connectivity index (χ4v) is 5.42. The Morgan fingerprint density at radius 3 is 2.68 bits per heavy atom. The Labute approximate surface area is 200 Å². The average Bonchev–Trinajstić information content (AvgIpc) is 3.32. The van der Waals surface area contributed by atoms with E-state index in [-0.39, 0.29) is 23.8 Å². The maximum atomic E-state index is 12.8. The van der Waals surface area contributed by atoms with Crippen molar-refractivity contribution in [3.63, 3.8) is 0 Å². The Morgan fingerprint density at radius 2 is 2.00 bits per heavy atom. The van der Waals surface area contributed by atoms with Crippen LogP contribution in [0, 0.1) is 6.92 Å². The highest BCUT2D eigenvalue weighted by molar-refractivity contribution is 7.15. The van der Waals surface area contributed by atoms with Crippen LogP contribution in [0.4, 0.5) is 5.00 Å². The number of ether oxygens (including phenoxy) is 1. The van der Waals surface area contributed by atoms with Crippen molar-refractivity contribution in [2.45, 2.75) is 44.6 Å². The van der Waals surface area contributed by atoms with E-state index in [9.17, 15) is 14.4 Å². The molecule has 178 valence electrons. The number of nitrogen functional groups attached to an aromatic ring is 1. The van der Waals surface area contributed by atoms with Gasteiger partial charge in [0.15, 0.2) is 5.69 Å². The van der Waals surface area contributed by atoms with Gasteiger partial charge in [0, 0.05) is 44.8 Å². The number of likely N-dealkylation sites (tertiary alicyclic amines) is 1. The van der Waals surface area contributed by atoms with Crippen LogP contribution in [-0.4, -0.2) is 56.6 Å². The van der Waals surface area contributed by atoms with E-state index in [0.717, 1.165) is 15.9 Å². The van der Waals surface area contributed by atoms with E-state index in [0.29, 0.717) is 60.9 Å².